The highest BCUT2D eigenvalue weighted by molar-refractivity contribution is 5.51. The molecule has 0 atom stereocenters. The smallest absolute Gasteiger partial charge is 0.0722 e. The van der Waals surface area contributed by atoms with Crippen molar-refractivity contribution in [3.8, 4) is 0 Å². The minimum atomic E-state index is 0.708. The zero-order chi connectivity index (χ0) is 15.9. The zero-order valence-electron chi connectivity index (χ0n) is 14.5. The van der Waals surface area contributed by atoms with Gasteiger partial charge in [0.25, 0.3) is 0 Å². The standard InChI is InChI=1S/C21H34O/c1-3-5-6-7-8-9-10-11-12-15-18-22-19-21-17-14-13-16-20(21)4-2/h4,13-14,16-17H,2-3,5-12,15,18-19H2,1H3. The second-order valence-corrected chi connectivity index (χ2v) is 6.14. The van der Waals surface area contributed by atoms with Crippen molar-refractivity contribution in [3.63, 3.8) is 0 Å². The van der Waals surface area contributed by atoms with Crippen LogP contribution in [0.25, 0.3) is 6.08 Å². The molecule has 0 aliphatic heterocycles. The summed E-state index contributed by atoms with van der Waals surface area (Å²) in [5.74, 6) is 0. The van der Waals surface area contributed by atoms with Crippen LogP contribution >= 0.6 is 0 Å². The summed E-state index contributed by atoms with van der Waals surface area (Å²) in [4.78, 5) is 0. The average molecular weight is 303 g/mol. The molecule has 0 N–H and O–H groups in total. The predicted octanol–water partition coefficient (Wildman–Crippen LogP) is 6.77. The third-order valence-electron chi connectivity index (χ3n) is 4.17. The fraction of sp³-hybridized carbons (Fsp3) is 0.619. The molecule has 0 aliphatic rings. The highest BCUT2D eigenvalue weighted by atomic mass is 16.5. The van der Waals surface area contributed by atoms with Crippen LogP contribution in [0.5, 0.6) is 0 Å². The van der Waals surface area contributed by atoms with Crippen molar-refractivity contribution in [2.24, 2.45) is 0 Å². The number of rotatable bonds is 14. The Balaban J connectivity index is 1.90. The van der Waals surface area contributed by atoms with Gasteiger partial charge >= 0.3 is 0 Å². The number of unbranched alkanes of at least 4 members (excludes halogenated alkanes) is 9. The van der Waals surface area contributed by atoms with Crippen molar-refractivity contribution in [1.29, 1.82) is 0 Å². The first-order valence-electron chi connectivity index (χ1n) is 9.16. The van der Waals surface area contributed by atoms with Crippen LogP contribution in [-0.2, 0) is 11.3 Å². The van der Waals surface area contributed by atoms with Crippen molar-refractivity contribution in [3.05, 3.63) is 42.0 Å². The van der Waals surface area contributed by atoms with E-state index in [9.17, 15) is 0 Å². The lowest BCUT2D eigenvalue weighted by Crippen LogP contribution is -1.97. The Morgan fingerprint density at radius 3 is 2.09 bits per heavy atom. The van der Waals surface area contributed by atoms with Crippen LogP contribution < -0.4 is 0 Å². The lowest BCUT2D eigenvalue weighted by atomic mass is 10.1. The van der Waals surface area contributed by atoms with Gasteiger partial charge in [-0.25, -0.2) is 0 Å². The summed E-state index contributed by atoms with van der Waals surface area (Å²) in [6.45, 7) is 7.71. The molecular formula is C21H34O. The highest BCUT2D eigenvalue weighted by Crippen LogP contribution is 2.13. The van der Waals surface area contributed by atoms with E-state index >= 15 is 0 Å². The Labute approximate surface area is 137 Å². The molecule has 1 aromatic rings. The summed E-state index contributed by atoms with van der Waals surface area (Å²) < 4.78 is 5.79. The molecule has 0 bridgehead atoms. The summed E-state index contributed by atoms with van der Waals surface area (Å²) in [5, 5.41) is 0. The van der Waals surface area contributed by atoms with E-state index in [1.54, 1.807) is 0 Å². The lowest BCUT2D eigenvalue weighted by molar-refractivity contribution is 0.116. The van der Waals surface area contributed by atoms with Crippen LogP contribution in [-0.4, -0.2) is 6.61 Å². The first-order valence-corrected chi connectivity index (χ1v) is 9.16. The topological polar surface area (TPSA) is 9.23 Å². The van der Waals surface area contributed by atoms with Crippen LogP contribution in [0.3, 0.4) is 0 Å². The number of hydrogen-bond donors (Lipinski definition) is 0. The van der Waals surface area contributed by atoms with E-state index in [1.165, 1.54) is 75.3 Å². The third kappa shape index (κ3) is 9.04. The number of benzene rings is 1. The average Bonchev–Trinajstić information content (AvgIpc) is 2.56. The maximum absolute atomic E-state index is 5.79. The maximum atomic E-state index is 5.79. The van der Waals surface area contributed by atoms with Gasteiger partial charge in [0.05, 0.1) is 6.61 Å². The van der Waals surface area contributed by atoms with E-state index in [4.69, 9.17) is 4.74 Å². The number of ether oxygens (including phenoxy) is 1. The quantitative estimate of drug-likeness (QED) is 0.345. The summed E-state index contributed by atoms with van der Waals surface area (Å²) in [7, 11) is 0. The molecule has 1 aromatic carbocycles. The second kappa shape index (κ2) is 13.6. The van der Waals surface area contributed by atoms with E-state index in [0.717, 1.165) is 6.61 Å². The van der Waals surface area contributed by atoms with E-state index < -0.39 is 0 Å². The Bertz CT molecular complexity index is 383. The van der Waals surface area contributed by atoms with Gasteiger partial charge in [-0.1, -0.05) is 102 Å². The fourth-order valence-corrected chi connectivity index (χ4v) is 2.74. The summed E-state index contributed by atoms with van der Waals surface area (Å²) in [6, 6.07) is 8.32. The Morgan fingerprint density at radius 1 is 0.864 bits per heavy atom. The molecule has 0 aliphatic carbocycles. The van der Waals surface area contributed by atoms with Crippen LogP contribution in [0.1, 0.15) is 82.3 Å². The van der Waals surface area contributed by atoms with E-state index in [0.29, 0.717) is 6.61 Å². The lowest BCUT2D eigenvalue weighted by Gasteiger charge is -2.07. The molecule has 0 radical (unpaired) electrons. The van der Waals surface area contributed by atoms with Crippen molar-refractivity contribution in [1.82, 2.24) is 0 Å². The third-order valence-corrected chi connectivity index (χ3v) is 4.17. The van der Waals surface area contributed by atoms with Gasteiger partial charge in [0.1, 0.15) is 0 Å². The molecule has 0 saturated carbocycles. The van der Waals surface area contributed by atoms with Gasteiger partial charge in [0.2, 0.25) is 0 Å². The summed E-state index contributed by atoms with van der Waals surface area (Å²) in [5.41, 5.74) is 2.43. The van der Waals surface area contributed by atoms with Gasteiger partial charge in [-0.05, 0) is 17.5 Å². The molecule has 124 valence electrons. The predicted molar refractivity (Wildman–Crippen MR) is 98.0 cm³/mol. The Kier molecular flexibility index (Phi) is 11.7. The van der Waals surface area contributed by atoms with Crippen LogP contribution in [0.4, 0.5) is 0 Å². The minimum Gasteiger partial charge on any atom is -0.377 e. The molecule has 1 heteroatoms. The molecule has 0 amide bonds. The van der Waals surface area contributed by atoms with Gasteiger partial charge in [-0.3, -0.25) is 0 Å². The largest absolute Gasteiger partial charge is 0.377 e. The van der Waals surface area contributed by atoms with E-state index in [-0.39, 0.29) is 0 Å². The molecule has 0 unspecified atom stereocenters. The van der Waals surface area contributed by atoms with Gasteiger partial charge < -0.3 is 4.74 Å². The first kappa shape index (κ1) is 19.0. The molecule has 0 spiro atoms. The normalized spacial score (nSPS) is 10.8. The van der Waals surface area contributed by atoms with Crippen LogP contribution in [0.15, 0.2) is 30.8 Å². The molecule has 22 heavy (non-hydrogen) atoms. The molecule has 0 fully saturated rings. The molecule has 0 saturated heterocycles. The fourth-order valence-electron chi connectivity index (χ4n) is 2.74. The second-order valence-electron chi connectivity index (χ2n) is 6.14. The van der Waals surface area contributed by atoms with Crippen LogP contribution in [0.2, 0.25) is 0 Å². The van der Waals surface area contributed by atoms with Crippen molar-refractivity contribution in [2.45, 2.75) is 77.7 Å². The van der Waals surface area contributed by atoms with Gasteiger partial charge in [-0.15, -0.1) is 0 Å². The van der Waals surface area contributed by atoms with E-state index in [1.807, 2.05) is 12.1 Å². The Morgan fingerprint density at radius 2 is 1.45 bits per heavy atom. The molecule has 1 nitrogen and oxygen atoms in total. The SMILES string of the molecule is C=Cc1ccccc1COCCCCCCCCCCCC. The van der Waals surface area contributed by atoms with Gasteiger partial charge in [0.15, 0.2) is 0 Å². The van der Waals surface area contributed by atoms with E-state index in [2.05, 4.69) is 31.7 Å². The number of hydrogen-bond acceptors (Lipinski definition) is 1. The van der Waals surface area contributed by atoms with Crippen molar-refractivity contribution >= 4 is 6.08 Å². The molecule has 0 aromatic heterocycles. The molecule has 0 heterocycles. The van der Waals surface area contributed by atoms with Crippen molar-refractivity contribution < 1.29 is 4.74 Å². The summed E-state index contributed by atoms with van der Waals surface area (Å²) >= 11 is 0. The zero-order valence-corrected chi connectivity index (χ0v) is 14.5. The van der Waals surface area contributed by atoms with Gasteiger partial charge in [-0.2, -0.15) is 0 Å². The van der Waals surface area contributed by atoms with Crippen LogP contribution in [0, 0.1) is 0 Å². The first-order chi connectivity index (χ1) is 10.9. The maximum Gasteiger partial charge on any atom is 0.0722 e. The highest BCUT2D eigenvalue weighted by Gasteiger charge is 1.98. The van der Waals surface area contributed by atoms with Crippen molar-refractivity contribution in [2.75, 3.05) is 6.61 Å². The monoisotopic (exact) mass is 302 g/mol. The molecule has 1 rings (SSSR count). The Hall–Kier alpha value is -1.08. The minimum absolute atomic E-state index is 0.708. The van der Waals surface area contributed by atoms with Gasteiger partial charge in [0, 0.05) is 6.61 Å². The summed E-state index contributed by atoms with van der Waals surface area (Å²) in [6.07, 6.45) is 15.6. The molecular weight excluding hydrogens is 268 g/mol.